The van der Waals surface area contributed by atoms with Crippen molar-refractivity contribution in [2.75, 3.05) is 25.1 Å². The van der Waals surface area contributed by atoms with Gasteiger partial charge in [0.05, 0.1) is 12.9 Å². The van der Waals surface area contributed by atoms with Crippen molar-refractivity contribution in [2.45, 2.75) is 26.8 Å². The highest BCUT2D eigenvalue weighted by atomic mass is 32.2. The van der Waals surface area contributed by atoms with Gasteiger partial charge in [0.15, 0.2) is 5.69 Å². The van der Waals surface area contributed by atoms with Gasteiger partial charge in [-0.2, -0.15) is 0 Å². The van der Waals surface area contributed by atoms with E-state index in [2.05, 4.69) is 14.4 Å². The standard InChI is InChI=1S/C11H20N4O4S/c1-4-8-14-9(11(16)19-3)10(12)15(8)6-7-20(17,18)13-5-2/h13H,4-7,12H2,1-3H3. The molecule has 1 aromatic rings. The van der Waals surface area contributed by atoms with E-state index in [1.54, 1.807) is 6.92 Å². The second-order valence-corrected chi connectivity index (χ2v) is 6.00. The number of ether oxygens (including phenoxy) is 1. The zero-order chi connectivity index (χ0) is 15.3. The third-order valence-electron chi connectivity index (χ3n) is 2.73. The third kappa shape index (κ3) is 3.70. The summed E-state index contributed by atoms with van der Waals surface area (Å²) in [7, 11) is -2.12. The fourth-order valence-corrected chi connectivity index (χ4v) is 2.79. The maximum absolute atomic E-state index is 11.6. The number of methoxy groups -OCH3 is 1. The summed E-state index contributed by atoms with van der Waals surface area (Å²) in [6.07, 6.45) is 0.530. The molecule has 0 aromatic carbocycles. The van der Waals surface area contributed by atoms with Gasteiger partial charge in [0.25, 0.3) is 0 Å². The first-order valence-electron chi connectivity index (χ1n) is 6.26. The van der Waals surface area contributed by atoms with E-state index in [0.29, 0.717) is 18.8 Å². The quantitative estimate of drug-likeness (QED) is 0.671. The highest BCUT2D eigenvalue weighted by Crippen LogP contribution is 2.16. The van der Waals surface area contributed by atoms with Crippen LogP contribution in [0.5, 0.6) is 0 Å². The fraction of sp³-hybridized carbons (Fsp3) is 0.636. The van der Waals surface area contributed by atoms with E-state index in [-0.39, 0.29) is 23.8 Å². The van der Waals surface area contributed by atoms with Crippen LogP contribution in [0.3, 0.4) is 0 Å². The molecule has 0 bridgehead atoms. The Labute approximate surface area is 118 Å². The SMILES string of the molecule is CCNS(=O)(=O)CCn1c(CC)nc(C(=O)OC)c1N. The number of nitrogen functional groups attached to an aromatic ring is 1. The van der Waals surface area contributed by atoms with E-state index in [0.717, 1.165) is 0 Å². The van der Waals surface area contributed by atoms with Crippen LogP contribution >= 0.6 is 0 Å². The Hall–Kier alpha value is -1.61. The van der Waals surface area contributed by atoms with Crippen LogP contribution in [0.25, 0.3) is 0 Å². The average molecular weight is 304 g/mol. The van der Waals surface area contributed by atoms with Crippen molar-refractivity contribution >= 4 is 21.8 Å². The first-order valence-corrected chi connectivity index (χ1v) is 7.92. The minimum atomic E-state index is -3.36. The summed E-state index contributed by atoms with van der Waals surface area (Å²) < 4.78 is 31.8. The molecule has 9 heteroatoms. The number of aryl methyl sites for hydroxylation is 1. The molecule has 1 heterocycles. The van der Waals surface area contributed by atoms with Crippen molar-refractivity contribution in [3.05, 3.63) is 11.5 Å². The van der Waals surface area contributed by atoms with Gasteiger partial charge in [0.2, 0.25) is 10.0 Å². The number of anilines is 1. The minimum absolute atomic E-state index is 0.0187. The normalized spacial score (nSPS) is 11.6. The van der Waals surface area contributed by atoms with Crippen LogP contribution in [0, 0.1) is 0 Å². The molecule has 0 fully saturated rings. The molecule has 1 aromatic heterocycles. The molecule has 0 unspecified atom stereocenters. The Bertz CT molecular complexity index is 579. The van der Waals surface area contributed by atoms with Crippen LogP contribution in [0.4, 0.5) is 5.82 Å². The molecule has 1 rings (SSSR count). The molecule has 0 aliphatic carbocycles. The zero-order valence-electron chi connectivity index (χ0n) is 11.8. The van der Waals surface area contributed by atoms with Crippen molar-refractivity contribution in [3.63, 3.8) is 0 Å². The maximum atomic E-state index is 11.6. The van der Waals surface area contributed by atoms with Gasteiger partial charge in [-0.15, -0.1) is 0 Å². The lowest BCUT2D eigenvalue weighted by molar-refractivity contribution is 0.0595. The smallest absolute Gasteiger partial charge is 0.360 e. The highest BCUT2D eigenvalue weighted by molar-refractivity contribution is 7.89. The van der Waals surface area contributed by atoms with Gasteiger partial charge in [-0.1, -0.05) is 13.8 Å². The lowest BCUT2D eigenvalue weighted by Crippen LogP contribution is -2.28. The van der Waals surface area contributed by atoms with E-state index in [4.69, 9.17) is 5.73 Å². The Kier molecular flexibility index (Phi) is 5.52. The largest absolute Gasteiger partial charge is 0.464 e. The number of aromatic nitrogens is 2. The van der Waals surface area contributed by atoms with Crippen LogP contribution in [-0.2, 0) is 27.7 Å². The van der Waals surface area contributed by atoms with Crippen LogP contribution < -0.4 is 10.5 Å². The number of rotatable bonds is 7. The molecule has 0 saturated carbocycles. The Morgan fingerprint density at radius 1 is 1.45 bits per heavy atom. The predicted molar refractivity (Wildman–Crippen MR) is 74.8 cm³/mol. The number of hydrogen-bond acceptors (Lipinski definition) is 6. The summed E-state index contributed by atoms with van der Waals surface area (Å²) >= 11 is 0. The number of carbonyl (C=O) groups is 1. The molecule has 114 valence electrons. The van der Waals surface area contributed by atoms with E-state index in [1.807, 2.05) is 6.92 Å². The van der Waals surface area contributed by atoms with Crippen molar-refractivity contribution in [2.24, 2.45) is 0 Å². The van der Waals surface area contributed by atoms with E-state index in [1.165, 1.54) is 11.7 Å². The second kappa shape index (κ2) is 6.71. The molecule has 0 amide bonds. The number of sulfonamides is 1. The van der Waals surface area contributed by atoms with E-state index < -0.39 is 16.0 Å². The highest BCUT2D eigenvalue weighted by Gasteiger charge is 2.21. The summed E-state index contributed by atoms with van der Waals surface area (Å²) in [5.74, 6) is -0.0878. The molecule has 20 heavy (non-hydrogen) atoms. The fourth-order valence-electron chi connectivity index (χ4n) is 1.78. The molecule has 0 spiro atoms. The molecule has 0 saturated heterocycles. The monoisotopic (exact) mass is 304 g/mol. The Morgan fingerprint density at radius 2 is 2.10 bits per heavy atom. The van der Waals surface area contributed by atoms with Gasteiger partial charge in [-0.05, 0) is 0 Å². The van der Waals surface area contributed by atoms with Gasteiger partial charge < -0.3 is 15.0 Å². The molecule has 0 radical (unpaired) electrons. The van der Waals surface area contributed by atoms with E-state index in [9.17, 15) is 13.2 Å². The predicted octanol–water partition coefficient (Wildman–Crippen LogP) is -0.246. The zero-order valence-corrected chi connectivity index (χ0v) is 12.7. The Morgan fingerprint density at radius 3 is 2.60 bits per heavy atom. The van der Waals surface area contributed by atoms with Gasteiger partial charge in [0.1, 0.15) is 11.6 Å². The summed E-state index contributed by atoms with van der Waals surface area (Å²) in [5.41, 5.74) is 5.86. The van der Waals surface area contributed by atoms with Crippen LogP contribution in [0.15, 0.2) is 0 Å². The third-order valence-corrected chi connectivity index (χ3v) is 4.18. The molecular formula is C11H20N4O4S. The molecule has 0 atom stereocenters. The van der Waals surface area contributed by atoms with Crippen molar-refractivity contribution < 1.29 is 17.9 Å². The first-order chi connectivity index (χ1) is 9.36. The van der Waals surface area contributed by atoms with Gasteiger partial charge in [-0.3, -0.25) is 0 Å². The molecular weight excluding hydrogens is 284 g/mol. The molecule has 8 nitrogen and oxygen atoms in total. The van der Waals surface area contributed by atoms with Crippen molar-refractivity contribution in [1.82, 2.24) is 14.3 Å². The lowest BCUT2D eigenvalue weighted by atomic mass is 10.4. The van der Waals surface area contributed by atoms with Crippen LogP contribution in [0.2, 0.25) is 0 Å². The molecule has 3 N–H and O–H groups in total. The van der Waals surface area contributed by atoms with Crippen molar-refractivity contribution in [1.29, 1.82) is 0 Å². The van der Waals surface area contributed by atoms with Gasteiger partial charge >= 0.3 is 5.97 Å². The summed E-state index contributed by atoms with van der Waals surface area (Å²) in [5, 5.41) is 0. The second-order valence-electron chi connectivity index (χ2n) is 4.08. The number of nitrogens with one attached hydrogen (secondary N) is 1. The molecule has 0 aliphatic heterocycles. The van der Waals surface area contributed by atoms with Gasteiger partial charge in [0, 0.05) is 19.5 Å². The average Bonchev–Trinajstić information content (AvgIpc) is 2.72. The number of nitrogens with two attached hydrogens (primary N) is 1. The first kappa shape index (κ1) is 16.4. The number of esters is 1. The summed E-state index contributed by atoms with van der Waals surface area (Å²) in [6.45, 7) is 4.01. The number of carbonyl (C=O) groups excluding carboxylic acids is 1. The maximum Gasteiger partial charge on any atom is 0.360 e. The van der Waals surface area contributed by atoms with E-state index >= 15 is 0 Å². The number of nitrogens with zero attached hydrogens (tertiary/aromatic N) is 2. The number of imidazole rings is 1. The van der Waals surface area contributed by atoms with Crippen LogP contribution in [0.1, 0.15) is 30.2 Å². The Balaban J connectivity index is 3.00. The summed E-state index contributed by atoms with van der Waals surface area (Å²) in [4.78, 5) is 15.6. The van der Waals surface area contributed by atoms with Crippen molar-refractivity contribution in [3.8, 4) is 0 Å². The molecule has 0 aliphatic rings. The van der Waals surface area contributed by atoms with Crippen LogP contribution in [-0.4, -0.2) is 43.3 Å². The topological polar surface area (TPSA) is 116 Å². The summed E-state index contributed by atoms with van der Waals surface area (Å²) in [6, 6.07) is 0. The lowest BCUT2D eigenvalue weighted by Gasteiger charge is -2.09. The van der Waals surface area contributed by atoms with Gasteiger partial charge in [-0.25, -0.2) is 22.9 Å². The minimum Gasteiger partial charge on any atom is -0.464 e. The number of hydrogen-bond donors (Lipinski definition) is 2.